The molecule has 0 spiro atoms. The van der Waals surface area contributed by atoms with E-state index in [-0.39, 0.29) is 25.8 Å². The van der Waals surface area contributed by atoms with Gasteiger partial charge in [-0.15, -0.1) is 0 Å². The molecule has 0 aliphatic carbocycles. The Labute approximate surface area is 148 Å². The average molecular weight is 363 g/mol. The summed E-state index contributed by atoms with van der Waals surface area (Å²) in [5.74, 6) is -0.993. The summed E-state index contributed by atoms with van der Waals surface area (Å²) < 4.78 is 49.8. The number of hydrogen-bond acceptors (Lipinski definition) is 3. The highest BCUT2D eigenvalue weighted by molar-refractivity contribution is 5.82. The molecule has 2 aromatic carbocycles. The normalized spacial score (nSPS) is 19.0. The molecule has 136 valence electrons. The molecule has 0 bridgehead atoms. The number of carbonyl (C=O) groups is 1. The van der Waals surface area contributed by atoms with Gasteiger partial charge in [-0.05, 0) is 35.2 Å². The lowest BCUT2D eigenvalue weighted by atomic mass is 9.87. The molecule has 2 aromatic rings. The predicted molar refractivity (Wildman–Crippen MR) is 87.2 cm³/mol. The van der Waals surface area contributed by atoms with Crippen LogP contribution in [0.25, 0.3) is 0 Å². The van der Waals surface area contributed by atoms with Gasteiger partial charge in [0.05, 0.1) is 0 Å². The largest absolute Gasteiger partial charge is 0.471 e. The fourth-order valence-electron chi connectivity index (χ4n) is 3.54. The standard InChI is InChI=1S/C19H16F3NO3/c20-19(21,22)18(24)23-7-6-13-8-16-17(26-11-25-16)9-14(13)15(10-23)12-4-2-1-3-5-12/h1-5,8-9,15H,6-7,10-11H2. The molecule has 0 radical (unpaired) electrons. The van der Waals surface area contributed by atoms with E-state index in [0.717, 1.165) is 21.6 Å². The van der Waals surface area contributed by atoms with E-state index in [9.17, 15) is 18.0 Å². The van der Waals surface area contributed by atoms with E-state index >= 15 is 0 Å². The molecule has 26 heavy (non-hydrogen) atoms. The van der Waals surface area contributed by atoms with Gasteiger partial charge in [-0.3, -0.25) is 4.79 Å². The molecule has 4 nitrogen and oxygen atoms in total. The number of halogens is 3. The molecule has 1 amide bonds. The molecule has 0 fully saturated rings. The average Bonchev–Trinajstić information content (AvgIpc) is 2.99. The number of amides is 1. The highest BCUT2D eigenvalue weighted by Gasteiger charge is 2.44. The molecule has 0 saturated heterocycles. The Morgan fingerprint density at radius 2 is 1.77 bits per heavy atom. The summed E-state index contributed by atoms with van der Waals surface area (Å²) in [5, 5.41) is 0. The van der Waals surface area contributed by atoms with Gasteiger partial charge in [0, 0.05) is 19.0 Å². The van der Waals surface area contributed by atoms with E-state index in [1.165, 1.54) is 0 Å². The lowest BCUT2D eigenvalue weighted by molar-refractivity contribution is -0.185. The van der Waals surface area contributed by atoms with Crippen LogP contribution in [0.1, 0.15) is 22.6 Å². The third-order valence-electron chi connectivity index (χ3n) is 4.80. The third-order valence-corrected chi connectivity index (χ3v) is 4.80. The summed E-state index contributed by atoms with van der Waals surface area (Å²) in [6.07, 6.45) is -4.55. The first-order valence-corrected chi connectivity index (χ1v) is 8.27. The van der Waals surface area contributed by atoms with Gasteiger partial charge < -0.3 is 14.4 Å². The second-order valence-corrected chi connectivity index (χ2v) is 6.37. The fourth-order valence-corrected chi connectivity index (χ4v) is 3.54. The molecular weight excluding hydrogens is 347 g/mol. The van der Waals surface area contributed by atoms with Crippen LogP contribution in [0.3, 0.4) is 0 Å². The fraction of sp³-hybridized carbons (Fsp3) is 0.316. The van der Waals surface area contributed by atoms with Crippen LogP contribution >= 0.6 is 0 Å². The molecule has 0 saturated carbocycles. The number of alkyl halides is 3. The van der Waals surface area contributed by atoms with Crippen LogP contribution in [-0.2, 0) is 11.2 Å². The monoisotopic (exact) mass is 363 g/mol. The first kappa shape index (κ1) is 16.8. The van der Waals surface area contributed by atoms with Crippen LogP contribution in [-0.4, -0.2) is 36.9 Å². The van der Waals surface area contributed by atoms with Crippen molar-refractivity contribution in [2.45, 2.75) is 18.5 Å². The summed E-state index contributed by atoms with van der Waals surface area (Å²) >= 11 is 0. The summed E-state index contributed by atoms with van der Waals surface area (Å²) in [4.78, 5) is 12.7. The van der Waals surface area contributed by atoms with Gasteiger partial charge >= 0.3 is 12.1 Å². The van der Waals surface area contributed by atoms with Gasteiger partial charge in [0.2, 0.25) is 6.79 Å². The smallest absolute Gasteiger partial charge is 0.454 e. The van der Waals surface area contributed by atoms with E-state index in [0.29, 0.717) is 17.9 Å². The number of hydrogen-bond donors (Lipinski definition) is 0. The zero-order valence-corrected chi connectivity index (χ0v) is 13.8. The number of carbonyl (C=O) groups excluding carboxylic acids is 1. The first-order chi connectivity index (χ1) is 12.4. The Morgan fingerprint density at radius 1 is 1.08 bits per heavy atom. The van der Waals surface area contributed by atoms with E-state index in [1.54, 1.807) is 0 Å². The van der Waals surface area contributed by atoms with Crippen LogP contribution in [0.5, 0.6) is 11.5 Å². The summed E-state index contributed by atoms with van der Waals surface area (Å²) in [7, 11) is 0. The lowest BCUT2D eigenvalue weighted by Crippen LogP contribution is -2.43. The summed E-state index contributed by atoms with van der Waals surface area (Å²) in [5.41, 5.74) is 2.60. The molecule has 2 heterocycles. The second kappa shape index (κ2) is 6.23. The maximum Gasteiger partial charge on any atom is 0.471 e. The van der Waals surface area contributed by atoms with Crippen LogP contribution in [0.4, 0.5) is 13.2 Å². The van der Waals surface area contributed by atoms with Gasteiger partial charge in [0.15, 0.2) is 11.5 Å². The summed E-state index contributed by atoms with van der Waals surface area (Å²) in [6.45, 7) is 0.107. The number of fused-ring (bicyclic) bond motifs is 2. The van der Waals surface area contributed by atoms with Crippen molar-refractivity contribution in [2.75, 3.05) is 19.9 Å². The number of ether oxygens (including phenoxy) is 2. The SMILES string of the molecule is O=C(N1CCc2cc3c(cc2C(c2ccccc2)C1)OCO3)C(F)(F)F. The second-order valence-electron chi connectivity index (χ2n) is 6.37. The van der Waals surface area contributed by atoms with Crippen molar-refractivity contribution in [3.8, 4) is 11.5 Å². The highest BCUT2D eigenvalue weighted by Crippen LogP contribution is 2.41. The first-order valence-electron chi connectivity index (χ1n) is 8.27. The Kier molecular flexibility index (Phi) is 4.01. The quantitative estimate of drug-likeness (QED) is 0.779. The minimum absolute atomic E-state index is 0.00825. The Bertz CT molecular complexity index is 836. The van der Waals surface area contributed by atoms with Crippen LogP contribution in [0, 0.1) is 0 Å². The molecule has 0 aromatic heterocycles. The van der Waals surface area contributed by atoms with Crippen molar-refractivity contribution in [1.82, 2.24) is 4.90 Å². The maximum atomic E-state index is 13.0. The number of benzene rings is 2. The van der Waals surface area contributed by atoms with Gasteiger partial charge in [-0.1, -0.05) is 30.3 Å². The van der Waals surface area contributed by atoms with Crippen molar-refractivity contribution < 1.29 is 27.4 Å². The van der Waals surface area contributed by atoms with E-state index in [1.807, 2.05) is 42.5 Å². The zero-order chi connectivity index (χ0) is 18.3. The maximum absolute atomic E-state index is 13.0. The molecule has 2 aliphatic heterocycles. The van der Waals surface area contributed by atoms with Gasteiger partial charge in [-0.2, -0.15) is 13.2 Å². The lowest BCUT2D eigenvalue weighted by Gasteiger charge is -2.26. The molecular formula is C19H16F3NO3. The molecule has 4 rings (SSSR count). The van der Waals surface area contributed by atoms with Crippen molar-refractivity contribution in [3.63, 3.8) is 0 Å². The number of rotatable bonds is 1. The van der Waals surface area contributed by atoms with Crippen molar-refractivity contribution in [3.05, 3.63) is 59.2 Å². The zero-order valence-electron chi connectivity index (χ0n) is 13.8. The topological polar surface area (TPSA) is 38.8 Å². The van der Waals surface area contributed by atoms with E-state index in [2.05, 4.69) is 0 Å². The molecule has 7 heteroatoms. The Hall–Kier alpha value is -2.70. The highest BCUT2D eigenvalue weighted by atomic mass is 19.4. The molecule has 0 N–H and O–H groups in total. The minimum atomic E-state index is -4.88. The van der Waals surface area contributed by atoms with Crippen molar-refractivity contribution in [2.24, 2.45) is 0 Å². The Balaban J connectivity index is 1.78. The van der Waals surface area contributed by atoms with Crippen molar-refractivity contribution >= 4 is 5.91 Å². The molecule has 1 unspecified atom stereocenters. The van der Waals surface area contributed by atoms with Crippen LogP contribution in [0.15, 0.2) is 42.5 Å². The summed E-state index contributed by atoms with van der Waals surface area (Å²) in [6, 6.07) is 12.9. The van der Waals surface area contributed by atoms with Crippen LogP contribution < -0.4 is 9.47 Å². The van der Waals surface area contributed by atoms with Crippen LogP contribution in [0.2, 0.25) is 0 Å². The van der Waals surface area contributed by atoms with Crippen molar-refractivity contribution in [1.29, 1.82) is 0 Å². The van der Waals surface area contributed by atoms with Gasteiger partial charge in [0.1, 0.15) is 0 Å². The van der Waals surface area contributed by atoms with E-state index < -0.39 is 12.1 Å². The number of nitrogens with zero attached hydrogens (tertiary/aromatic N) is 1. The van der Waals surface area contributed by atoms with Gasteiger partial charge in [0.25, 0.3) is 0 Å². The Morgan fingerprint density at radius 3 is 2.46 bits per heavy atom. The minimum Gasteiger partial charge on any atom is -0.454 e. The predicted octanol–water partition coefficient (Wildman–Crippen LogP) is 3.49. The van der Waals surface area contributed by atoms with E-state index in [4.69, 9.17) is 9.47 Å². The molecule has 1 atom stereocenters. The van der Waals surface area contributed by atoms with Gasteiger partial charge in [-0.25, -0.2) is 0 Å². The third kappa shape index (κ3) is 2.98. The molecule has 2 aliphatic rings.